The van der Waals surface area contributed by atoms with E-state index in [2.05, 4.69) is 22.1 Å². The lowest BCUT2D eigenvalue weighted by molar-refractivity contribution is -0.913. The van der Waals surface area contributed by atoms with Crippen LogP contribution in [0.4, 0.5) is 18.9 Å². The number of carbonyl (C=O) groups excluding carboxylic acids is 3. The third-order valence-corrected chi connectivity index (χ3v) is 9.80. The Hall–Kier alpha value is -3.85. The molecule has 2 aromatic carbocycles. The van der Waals surface area contributed by atoms with Gasteiger partial charge in [0.05, 0.1) is 54.2 Å². The number of nitrogens with zero attached hydrogens (tertiary/aromatic N) is 5. The van der Waals surface area contributed by atoms with E-state index in [-0.39, 0.29) is 45.4 Å². The van der Waals surface area contributed by atoms with E-state index in [0.29, 0.717) is 38.4 Å². The van der Waals surface area contributed by atoms with Gasteiger partial charge < -0.3 is 34.6 Å². The van der Waals surface area contributed by atoms with Crippen LogP contribution in [0.25, 0.3) is 11.3 Å². The molecule has 0 atom stereocenters. The smallest absolute Gasteiger partial charge is 0.387 e. The molecule has 2 aliphatic rings. The number of likely N-dealkylation sites (tertiary alicyclic amines) is 1. The summed E-state index contributed by atoms with van der Waals surface area (Å²) in [5, 5.41) is 2.33. The number of alkyl halides is 2. The topological polar surface area (TPSA) is 123 Å². The molecule has 0 unspecified atom stereocenters. The van der Waals surface area contributed by atoms with Gasteiger partial charge in [0.15, 0.2) is 17.4 Å². The fourth-order valence-corrected chi connectivity index (χ4v) is 6.79. The van der Waals surface area contributed by atoms with Gasteiger partial charge in [-0.25, -0.2) is 9.37 Å². The molecule has 258 valence electrons. The predicted molar refractivity (Wildman–Crippen MR) is 175 cm³/mol. The zero-order chi connectivity index (χ0) is 34.7. The molecule has 1 aromatic heterocycles. The number of anilines is 1. The molecular formula is C32H37Cl2F3N7O4+. The van der Waals surface area contributed by atoms with Crippen LogP contribution in [0.1, 0.15) is 33.8 Å². The molecule has 0 bridgehead atoms. The summed E-state index contributed by atoms with van der Waals surface area (Å²) in [6, 6.07) is 6.80. The highest BCUT2D eigenvalue weighted by atomic mass is 35.5. The summed E-state index contributed by atoms with van der Waals surface area (Å²) in [6.45, 7) is 1.81. The van der Waals surface area contributed by atoms with Crippen LogP contribution < -0.4 is 15.8 Å². The summed E-state index contributed by atoms with van der Waals surface area (Å²) in [5.74, 6) is -2.72. The zero-order valence-corrected chi connectivity index (χ0v) is 28.0. The van der Waals surface area contributed by atoms with Gasteiger partial charge in [0.2, 0.25) is 5.91 Å². The maximum absolute atomic E-state index is 14.5. The molecule has 3 N–H and O–H groups in total. The van der Waals surface area contributed by atoms with Gasteiger partial charge in [0.25, 0.3) is 11.8 Å². The fourth-order valence-electron chi connectivity index (χ4n) is 6.27. The van der Waals surface area contributed by atoms with Gasteiger partial charge >= 0.3 is 6.61 Å². The highest BCUT2D eigenvalue weighted by molar-refractivity contribution is 6.34. The van der Waals surface area contributed by atoms with Gasteiger partial charge in [-0.2, -0.15) is 8.78 Å². The number of likely N-dealkylation sites (N-methyl/N-ethyl adjacent to an activating group) is 1. The van der Waals surface area contributed by atoms with Crippen LogP contribution >= 0.6 is 23.2 Å². The first-order valence-corrected chi connectivity index (χ1v) is 16.2. The van der Waals surface area contributed by atoms with E-state index in [1.807, 2.05) is 4.90 Å². The van der Waals surface area contributed by atoms with Gasteiger partial charge in [0.1, 0.15) is 0 Å². The van der Waals surface area contributed by atoms with E-state index >= 15 is 0 Å². The van der Waals surface area contributed by atoms with Crippen molar-refractivity contribution in [3.8, 4) is 17.0 Å². The normalized spacial score (nSPS) is 19.8. The van der Waals surface area contributed by atoms with E-state index in [1.54, 1.807) is 4.90 Å². The third-order valence-electron chi connectivity index (χ3n) is 9.12. The number of hydrogen-bond acceptors (Lipinski definition) is 6. The molecule has 5 rings (SSSR count). The number of rotatable bonds is 9. The van der Waals surface area contributed by atoms with Crippen LogP contribution in [0.2, 0.25) is 10.0 Å². The molecule has 2 aliphatic heterocycles. The Labute approximate surface area is 285 Å². The van der Waals surface area contributed by atoms with Crippen LogP contribution in [0.3, 0.4) is 0 Å². The number of quaternary nitrogens is 1. The monoisotopic (exact) mass is 710 g/mol. The van der Waals surface area contributed by atoms with Gasteiger partial charge in [-0.1, -0.05) is 23.2 Å². The Morgan fingerprint density at radius 3 is 2.38 bits per heavy atom. The molecule has 48 heavy (non-hydrogen) atoms. The molecule has 3 amide bonds. The number of nitrogens with one attached hydrogen (secondary N) is 1. The molecule has 2 saturated heterocycles. The fraction of sp³-hybridized carbons (Fsp3) is 0.438. The van der Waals surface area contributed by atoms with Crippen molar-refractivity contribution >= 4 is 46.6 Å². The van der Waals surface area contributed by atoms with Gasteiger partial charge in [-0.3, -0.25) is 14.4 Å². The van der Waals surface area contributed by atoms with Crippen LogP contribution in [-0.4, -0.2) is 108 Å². The van der Waals surface area contributed by atoms with Crippen LogP contribution in [-0.2, 0) is 11.8 Å². The highest BCUT2D eigenvalue weighted by Gasteiger charge is 2.36. The predicted octanol–water partition coefficient (Wildman–Crippen LogP) is 4.49. The molecule has 0 spiro atoms. The maximum atomic E-state index is 14.5. The number of halogens is 5. The largest absolute Gasteiger partial charge is 0.432 e. The number of benzene rings is 2. The van der Waals surface area contributed by atoms with Crippen molar-refractivity contribution in [2.45, 2.75) is 19.5 Å². The Bertz CT molecular complexity index is 1690. The number of piperidine rings is 1. The van der Waals surface area contributed by atoms with Crippen molar-refractivity contribution in [2.75, 3.05) is 64.7 Å². The standard InChI is InChI=1S/C32H36Cl2F3N7O4/c1-41-24(22-5-6-25(48-32(36)37)27(35)26(22)34)18-39-28(41)29(45)40-20-3-4-21(23(33)17-20)31(47)43-12-10-42(11-13-43)30(46)19-7-14-44(2,15-8-19)16-9-38/h3-6,17-19,32H,7-16,38H2,1-2H3/p+1. The molecule has 2 fully saturated rings. The third kappa shape index (κ3) is 7.56. The quantitative estimate of drug-likeness (QED) is 0.316. The summed E-state index contributed by atoms with van der Waals surface area (Å²) in [7, 11) is 3.69. The summed E-state index contributed by atoms with van der Waals surface area (Å²) in [5.41, 5.74) is 6.67. The van der Waals surface area contributed by atoms with Crippen LogP contribution in [0.5, 0.6) is 5.75 Å². The van der Waals surface area contributed by atoms with Crippen LogP contribution in [0, 0.1) is 11.7 Å². The van der Waals surface area contributed by atoms with E-state index in [0.717, 1.165) is 43.0 Å². The number of amides is 3. The number of nitrogens with two attached hydrogens (primary N) is 1. The van der Waals surface area contributed by atoms with E-state index in [9.17, 15) is 27.6 Å². The van der Waals surface area contributed by atoms with E-state index < -0.39 is 29.1 Å². The molecule has 3 aromatic rings. The van der Waals surface area contributed by atoms with Crippen molar-refractivity contribution in [1.29, 1.82) is 0 Å². The zero-order valence-electron chi connectivity index (χ0n) is 26.5. The van der Waals surface area contributed by atoms with Crippen LogP contribution in [0.15, 0.2) is 36.5 Å². The SMILES string of the molecule is Cn1c(-c2ccc(OC(F)F)c(F)c2Cl)cnc1C(=O)Nc1ccc(C(=O)N2CCN(C(=O)C3CC[N+](C)(CCN)CC3)CC2)c(Cl)c1. The first-order valence-electron chi connectivity index (χ1n) is 15.5. The lowest BCUT2D eigenvalue weighted by atomic mass is 9.93. The molecule has 0 aliphatic carbocycles. The summed E-state index contributed by atoms with van der Waals surface area (Å²) in [4.78, 5) is 47.2. The first kappa shape index (κ1) is 35.5. The molecule has 0 saturated carbocycles. The minimum atomic E-state index is -3.23. The van der Waals surface area contributed by atoms with Gasteiger partial charge in [-0.15, -0.1) is 0 Å². The van der Waals surface area contributed by atoms with Crippen molar-refractivity contribution in [2.24, 2.45) is 18.7 Å². The first-order chi connectivity index (χ1) is 22.8. The molecular weight excluding hydrogens is 674 g/mol. The summed E-state index contributed by atoms with van der Waals surface area (Å²) < 4.78 is 46.0. The number of hydrogen-bond donors (Lipinski definition) is 2. The lowest BCUT2D eigenvalue weighted by Crippen LogP contribution is -2.56. The Balaban J connectivity index is 1.18. The second-order valence-corrected chi connectivity index (χ2v) is 13.0. The van der Waals surface area contributed by atoms with Gasteiger partial charge in [0, 0.05) is 69.8 Å². The number of ether oxygens (including phenoxy) is 1. The molecule has 0 radical (unpaired) electrons. The average Bonchev–Trinajstić information content (AvgIpc) is 3.44. The lowest BCUT2D eigenvalue weighted by Gasteiger charge is -2.42. The summed E-state index contributed by atoms with van der Waals surface area (Å²) in [6.07, 6.45) is 2.95. The Morgan fingerprint density at radius 2 is 1.75 bits per heavy atom. The number of imidazole rings is 1. The second-order valence-electron chi connectivity index (χ2n) is 12.3. The minimum absolute atomic E-state index is 0.00621. The number of piperazine rings is 1. The Kier molecular flexibility index (Phi) is 10.9. The van der Waals surface area contributed by atoms with E-state index in [1.165, 1.54) is 42.1 Å². The number of carbonyl (C=O) groups is 3. The maximum Gasteiger partial charge on any atom is 0.387 e. The Morgan fingerprint density at radius 1 is 1.08 bits per heavy atom. The second kappa shape index (κ2) is 14.7. The highest BCUT2D eigenvalue weighted by Crippen LogP contribution is 2.36. The van der Waals surface area contributed by atoms with E-state index in [4.69, 9.17) is 28.9 Å². The van der Waals surface area contributed by atoms with Crippen molar-refractivity contribution in [1.82, 2.24) is 19.4 Å². The van der Waals surface area contributed by atoms with Crippen molar-refractivity contribution < 1.29 is 36.8 Å². The summed E-state index contributed by atoms with van der Waals surface area (Å²) >= 11 is 12.6. The molecule has 3 heterocycles. The average molecular weight is 712 g/mol. The van der Waals surface area contributed by atoms with Crippen molar-refractivity contribution in [3.63, 3.8) is 0 Å². The molecule has 16 heteroatoms. The molecule has 11 nitrogen and oxygen atoms in total. The minimum Gasteiger partial charge on any atom is -0.432 e. The number of aromatic nitrogens is 2. The van der Waals surface area contributed by atoms with Crippen molar-refractivity contribution in [3.05, 3.63) is 63.8 Å². The van der Waals surface area contributed by atoms with Gasteiger partial charge in [-0.05, 0) is 30.3 Å².